The monoisotopic (exact) mass is 250 g/mol. The molecule has 0 saturated carbocycles. The predicted octanol–water partition coefficient (Wildman–Crippen LogP) is 2.68. The Kier molecular flexibility index (Phi) is 5.46. The van der Waals surface area contributed by atoms with Crippen molar-refractivity contribution in [3.8, 4) is 0 Å². The highest BCUT2D eigenvalue weighted by Crippen LogP contribution is 2.16. The molecular formula is C8H12BrClN2. The second-order valence-electron chi connectivity index (χ2n) is 2.45. The summed E-state index contributed by atoms with van der Waals surface area (Å²) in [5, 5.41) is 0. The first-order chi connectivity index (χ1) is 5.24. The minimum Gasteiger partial charge on any atom is -0.324 e. The lowest BCUT2D eigenvalue weighted by Crippen LogP contribution is -2.08. The maximum Gasteiger partial charge on any atom is 0.0410 e. The van der Waals surface area contributed by atoms with Gasteiger partial charge in [0.25, 0.3) is 0 Å². The average molecular weight is 252 g/mol. The van der Waals surface area contributed by atoms with E-state index in [-0.39, 0.29) is 18.4 Å². The van der Waals surface area contributed by atoms with Crippen molar-refractivity contribution in [3.63, 3.8) is 0 Å². The molecule has 4 heteroatoms. The molecule has 1 atom stereocenters. The molecule has 1 rings (SSSR count). The molecule has 12 heavy (non-hydrogen) atoms. The van der Waals surface area contributed by atoms with Gasteiger partial charge in [-0.15, -0.1) is 12.4 Å². The Hall–Kier alpha value is -0.120. The van der Waals surface area contributed by atoms with Gasteiger partial charge < -0.3 is 5.73 Å². The lowest BCUT2D eigenvalue weighted by Gasteiger charge is -2.07. The Balaban J connectivity index is 0.00000121. The summed E-state index contributed by atoms with van der Waals surface area (Å²) in [7, 11) is 0. The number of rotatable bonds is 2. The molecule has 0 fully saturated rings. The maximum atomic E-state index is 5.80. The molecule has 0 aliphatic rings. The molecule has 2 nitrogen and oxygen atoms in total. The zero-order valence-corrected chi connectivity index (χ0v) is 9.23. The van der Waals surface area contributed by atoms with Crippen LogP contribution < -0.4 is 5.73 Å². The predicted molar refractivity (Wildman–Crippen MR) is 56.4 cm³/mol. The molecular weight excluding hydrogens is 239 g/mol. The number of aromatic nitrogens is 1. The van der Waals surface area contributed by atoms with Crippen LogP contribution >= 0.6 is 28.3 Å². The van der Waals surface area contributed by atoms with Crippen molar-refractivity contribution in [1.82, 2.24) is 4.98 Å². The molecule has 0 radical (unpaired) electrons. The minimum absolute atomic E-state index is 0. The molecule has 68 valence electrons. The second kappa shape index (κ2) is 5.51. The van der Waals surface area contributed by atoms with Crippen molar-refractivity contribution in [3.05, 3.63) is 28.5 Å². The van der Waals surface area contributed by atoms with Crippen LogP contribution in [0.4, 0.5) is 0 Å². The van der Waals surface area contributed by atoms with Crippen LogP contribution in [-0.4, -0.2) is 4.98 Å². The van der Waals surface area contributed by atoms with E-state index in [1.54, 1.807) is 12.4 Å². The Morgan fingerprint density at radius 1 is 1.58 bits per heavy atom. The van der Waals surface area contributed by atoms with E-state index in [4.69, 9.17) is 5.73 Å². The second-order valence-corrected chi connectivity index (χ2v) is 3.37. The molecule has 0 aliphatic carbocycles. The highest BCUT2D eigenvalue weighted by molar-refractivity contribution is 9.10. The van der Waals surface area contributed by atoms with Crippen LogP contribution in [0.25, 0.3) is 0 Å². The van der Waals surface area contributed by atoms with E-state index < -0.39 is 0 Å². The van der Waals surface area contributed by atoms with E-state index in [2.05, 4.69) is 27.8 Å². The van der Waals surface area contributed by atoms with E-state index in [0.717, 1.165) is 16.5 Å². The van der Waals surface area contributed by atoms with E-state index in [1.165, 1.54) is 0 Å². The van der Waals surface area contributed by atoms with E-state index in [9.17, 15) is 0 Å². The lowest BCUT2D eigenvalue weighted by molar-refractivity contribution is 0.694. The number of halogens is 2. The molecule has 0 unspecified atom stereocenters. The Bertz CT molecular complexity index is 242. The van der Waals surface area contributed by atoms with Crippen LogP contribution in [0.2, 0.25) is 0 Å². The molecule has 1 aromatic rings. The summed E-state index contributed by atoms with van der Waals surface area (Å²) < 4.78 is 0.985. The van der Waals surface area contributed by atoms with Crippen LogP contribution in [-0.2, 0) is 0 Å². The van der Waals surface area contributed by atoms with Gasteiger partial charge >= 0.3 is 0 Å². The summed E-state index contributed by atoms with van der Waals surface area (Å²) in [6, 6.07) is 2.11. The Morgan fingerprint density at radius 2 is 2.25 bits per heavy atom. The zero-order chi connectivity index (χ0) is 8.27. The number of hydrogen-bond acceptors (Lipinski definition) is 2. The fourth-order valence-corrected chi connectivity index (χ4v) is 1.25. The largest absolute Gasteiger partial charge is 0.324 e. The van der Waals surface area contributed by atoms with Gasteiger partial charge in [0.1, 0.15) is 0 Å². The van der Waals surface area contributed by atoms with Gasteiger partial charge in [0.15, 0.2) is 0 Å². The molecule has 1 aromatic heterocycles. The van der Waals surface area contributed by atoms with E-state index >= 15 is 0 Å². The number of hydrogen-bond donors (Lipinski definition) is 1. The third kappa shape index (κ3) is 3.09. The summed E-state index contributed by atoms with van der Waals surface area (Å²) in [4.78, 5) is 4.03. The molecule has 0 amide bonds. The van der Waals surface area contributed by atoms with Crippen LogP contribution in [0.5, 0.6) is 0 Å². The smallest absolute Gasteiger partial charge is 0.0410 e. The van der Waals surface area contributed by atoms with Gasteiger partial charge in [0.2, 0.25) is 0 Å². The number of nitrogens with two attached hydrogens (primary N) is 1. The van der Waals surface area contributed by atoms with E-state index in [1.807, 2.05) is 6.07 Å². The van der Waals surface area contributed by atoms with Crippen LogP contribution in [0.1, 0.15) is 24.9 Å². The highest BCUT2D eigenvalue weighted by Gasteiger charge is 2.02. The summed E-state index contributed by atoms with van der Waals surface area (Å²) >= 11 is 3.34. The fourth-order valence-electron chi connectivity index (χ4n) is 0.867. The van der Waals surface area contributed by atoms with Gasteiger partial charge in [-0.2, -0.15) is 0 Å². The molecule has 0 spiro atoms. The lowest BCUT2D eigenvalue weighted by atomic mass is 10.1. The van der Waals surface area contributed by atoms with Crippen molar-refractivity contribution in [1.29, 1.82) is 0 Å². The first kappa shape index (κ1) is 11.9. The SMILES string of the molecule is CC[C@@H](N)c1cncc(Br)c1.Cl. The number of nitrogens with zero attached hydrogens (tertiary/aromatic N) is 1. The quantitative estimate of drug-likeness (QED) is 0.878. The third-order valence-corrected chi connectivity index (χ3v) is 2.03. The van der Waals surface area contributed by atoms with Gasteiger partial charge in [0, 0.05) is 22.9 Å². The average Bonchev–Trinajstić information content (AvgIpc) is 2.03. The van der Waals surface area contributed by atoms with Gasteiger partial charge in [-0.3, -0.25) is 4.98 Å². The normalized spacial score (nSPS) is 11.9. The van der Waals surface area contributed by atoms with Crippen LogP contribution in [0.15, 0.2) is 22.9 Å². The fraction of sp³-hybridized carbons (Fsp3) is 0.375. The zero-order valence-electron chi connectivity index (χ0n) is 6.83. The van der Waals surface area contributed by atoms with Crippen molar-refractivity contribution in [2.75, 3.05) is 0 Å². The molecule has 0 saturated heterocycles. The van der Waals surface area contributed by atoms with Gasteiger partial charge in [-0.05, 0) is 34.0 Å². The molecule has 0 aromatic carbocycles. The van der Waals surface area contributed by atoms with Gasteiger partial charge in [0.05, 0.1) is 0 Å². The minimum atomic E-state index is 0. The van der Waals surface area contributed by atoms with Crippen LogP contribution in [0.3, 0.4) is 0 Å². The summed E-state index contributed by atoms with van der Waals surface area (Å²) in [5.74, 6) is 0. The maximum absolute atomic E-state index is 5.80. The first-order valence-electron chi connectivity index (χ1n) is 3.60. The Labute approximate surface area is 87.1 Å². The summed E-state index contributed by atoms with van der Waals surface area (Å²) in [6.07, 6.45) is 4.50. The van der Waals surface area contributed by atoms with Crippen LogP contribution in [0, 0.1) is 0 Å². The van der Waals surface area contributed by atoms with Gasteiger partial charge in [-0.1, -0.05) is 6.92 Å². The molecule has 0 bridgehead atoms. The summed E-state index contributed by atoms with van der Waals surface area (Å²) in [6.45, 7) is 2.06. The highest BCUT2D eigenvalue weighted by atomic mass is 79.9. The van der Waals surface area contributed by atoms with Crippen molar-refractivity contribution < 1.29 is 0 Å². The number of pyridine rings is 1. The van der Waals surface area contributed by atoms with Crippen molar-refractivity contribution in [2.24, 2.45) is 5.73 Å². The topological polar surface area (TPSA) is 38.9 Å². The van der Waals surface area contributed by atoms with E-state index in [0.29, 0.717) is 0 Å². The van der Waals surface area contributed by atoms with Crippen molar-refractivity contribution in [2.45, 2.75) is 19.4 Å². The van der Waals surface area contributed by atoms with Crippen molar-refractivity contribution >= 4 is 28.3 Å². The molecule has 1 heterocycles. The molecule has 2 N–H and O–H groups in total. The van der Waals surface area contributed by atoms with Gasteiger partial charge in [-0.25, -0.2) is 0 Å². The third-order valence-electron chi connectivity index (χ3n) is 1.59. The Morgan fingerprint density at radius 3 is 2.75 bits per heavy atom. The summed E-state index contributed by atoms with van der Waals surface area (Å²) in [5.41, 5.74) is 6.89. The standard InChI is InChI=1S/C8H11BrN2.ClH/c1-2-8(10)6-3-7(9)5-11-4-6;/h3-5,8H,2,10H2,1H3;1H/t8-;/m1./s1. The first-order valence-corrected chi connectivity index (χ1v) is 4.39. The molecule has 0 aliphatic heterocycles.